The molecule has 2 aliphatic heterocycles. The highest BCUT2D eigenvalue weighted by Gasteiger charge is 2.27. The van der Waals surface area contributed by atoms with Crippen molar-refractivity contribution in [3.8, 4) is 0 Å². The van der Waals surface area contributed by atoms with E-state index in [2.05, 4.69) is 28.9 Å². The second-order valence-corrected chi connectivity index (χ2v) is 6.46. The molecule has 0 unspecified atom stereocenters. The Labute approximate surface area is 129 Å². The van der Waals surface area contributed by atoms with Crippen LogP contribution >= 0.6 is 0 Å². The van der Waals surface area contributed by atoms with Gasteiger partial charge >= 0.3 is 0 Å². The first-order valence-electron chi connectivity index (χ1n) is 8.84. The third kappa shape index (κ3) is 3.39. The summed E-state index contributed by atoms with van der Waals surface area (Å²) in [5.41, 5.74) is 1.47. The molecule has 0 aromatic carbocycles. The zero-order valence-corrected chi connectivity index (χ0v) is 13.4. The molecule has 0 N–H and O–H groups in total. The van der Waals surface area contributed by atoms with Gasteiger partial charge in [-0.1, -0.05) is 32.3 Å². The van der Waals surface area contributed by atoms with Gasteiger partial charge in [0.05, 0.1) is 0 Å². The molecule has 1 aromatic heterocycles. The summed E-state index contributed by atoms with van der Waals surface area (Å²) in [5, 5.41) is 0. The summed E-state index contributed by atoms with van der Waals surface area (Å²) in [4.78, 5) is 9.97. The standard InChI is InChI=1S/C18H29N3/c1-2-20-13-8-5-11-17(20)16-10-9-12-19-18(16)21-14-6-3-4-7-15-21/h9-10,12,17H,2-8,11,13-15H2,1H3/t17-/m0/s1. The molecule has 0 saturated carbocycles. The fraction of sp³-hybridized carbons (Fsp3) is 0.722. The smallest absolute Gasteiger partial charge is 0.133 e. The Morgan fingerprint density at radius 2 is 1.81 bits per heavy atom. The van der Waals surface area contributed by atoms with E-state index in [1.807, 2.05) is 6.20 Å². The molecule has 3 nitrogen and oxygen atoms in total. The van der Waals surface area contributed by atoms with Crippen LogP contribution in [0.25, 0.3) is 0 Å². The van der Waals surface area contributed by atoms with Gasteiger partial charge in [0.15, 0.2) is 0 Å². The van der Waals surface area contributed by atoms with Crippen LogP contribution in [-0.4, -0.2) is 36.1 Å². The first kappa shape index (κ1) is 14.8. The van der Waals surface area contributed by atoms with Gasteiger partial charge in [-0.05, 0) is 44.8 Å². The van der Waals surface area contributed by atoms with Crippen molar-refractivity contribution in [1.82, 2.24) is 9.88 Å². The molecule has 3 heteroatoms. The minimum atomic E-state index is 0.579. The number of pyridine rings is 1. The summed E-state index contributed by atoms with van der Waals surface area (Å²) in [6, 6.07) is 5.03. The molecule has 3 rings (SSSR count). The number of hydrogen-bond acceptors (Lipinski definition) is 3. The molecule has 116 valence electrons. The molecule has 0 spiro atoms. The van der Waals surface area contributed by atoms with Gasteiger partial charge in [-0.3, -0.25) is 4.90 Å². The van der Waals surface area contributed by atoms with Gasteiger partial charge in [0.1, 0.15) is 5.82 Å². The average Bonchev–Trinajstić information content (AvgIpc) is 2.84. The third-order valence-electron chi connectivity index (χ3n) is 5.10. The zero-order valence-electron chi connectivity index (χ0n) is 13.4. The van der Waals surface area contributed by atoms with Gasteiger partial charge in [-0.15, -0.1) is 0 Å². The number of rotatable bonds is 3. The maximum absolute atomic E-state index is 4.79. The van der Waals surface area contributed by atoms with Gasteiger partial charge in [0.2, 0.25) is 0 Å². The van der Waals surface area contributed by atoms with E-state index in [0.29, 0.717) is 6.04 Å². The third-order valence-corrected chi connectivity index (χ3v) is 5.10. The molecule has 0 aliphatic carbocycles. The van der Waals surface area contributed by atoms with Crippen LogP contribution in [0.2, 0.25) is 0 Å². The summed E-state index contributed by atoms with van der Waals surface area (Å²) < 4.78 is 0. The van der Waals surface area contributed by atoms with Crippen LogP contribution in [0.1, 0.15) is 63.5 Å². The minimum absolute atomic E-state index is 0.579. The molecule has 0 amide bonds. The Hall–Kier alpha value is -1.09. The fourth-order valence-corrected chi connectivity index (χ4v) is 3.94. The SMILES string of the molecule is CCN1CCCC[C@H]1c1cccnc1N1CCCCCC1. The van der Waals surface area contributed by atoms with Crippen molar-refractivity contribution in [2.24, 2.45) is 0 Å². The minimum Gasteiger partial charge on any atom is -0.356 e. The highest BCUT2D eigenvalue weighted by molar-refractivity contribution is 5.48. The van der Waals surface area contributed by atoms with Gasteiger partial charge in [-0.2, -0.15) is 0 Å². The lowest BCUT2D eigenvalue weighted by Gasteiger charge is -2.37. The summed E-state index contributed by atoms with van der Waals surface area (Å²) in [5.74, 6) is 1.27. The first-order chi connectivity index (χ1) is 10.4. The Morgan fingerprint density at radius 1 is 1.05 bits per heavy atom. The number of aromatic nitrogens is 1. The number of hydrogen-bond donors (Lipinski definition) is 0. The summed E-state index contributed by atoms with van der Waals surface area (Å²) in [6.45, 7) is 7.06. The molecule has 0 radical (unpaired) electrons. The second kappa shape index (κ2) is 7.26. The van der Waals surface area contributed by atoms with Crippen LogP contribution < -0.4 is 4.90 Å². The molecule has 2 fully saturated rings. The van der Waals surface area contributed by atoms with E-state index in [4.69, 9.17) is 4.98 Å². The topological polar surface area (TPSA) is 19.4 Å². The number of likely N-dealkylation sites (tertiary alicyclic amines) is 1. The highest BCUT2D eigenvalue weighted by Crippen LogP contribution is 2.35. The summed E-state index contributed by atoms with van der Waals surface area (Å²) in [7, 11) is 0. The maximum atomic E-state index is 4.79. The fourth-order valence-electron chi connectivity index (χ4n) is 3.94. The molecule has 1 aromatic rings. The first-order valence-corrected chi connectivity index (χ1v) is 8.84. The van der Waals surface area contributed by atoms with Crippen molar-refractivity contribution in [2.45, 2.75) is 57.9 Å². The second-order valence-electron chi connectivity index (χ2n) is 6.46. The Bertz CT molecular complexity index is 438. The van der Waals surface area contributed by atoms with E-state index < -0.39 is 0 Å². The van der Waals surface area contributed by atoms with Crippen LogP contribution in [0.15, 0.2) is 18.3 Å². The normalized spacial score (nSPS) is 24.8. The lowest BCUT2D eigenvalue weighted by atomic mass is 9.95. The summed E-state index contributed by atoms with van der Waals surface area (Å²) >= 11 is 0. The van der Waals surface area contributed by atoms with Crippen molar-refractivity contribution in [3.63, 3.8) is 0 Å². The van der Waals surface area contributed by atoms with E-state index in [1.165, 1.54) is 76.0 Å². The molecular weight excluding hydrogens is 258 g/mol. The molecule has 2 aliphatic rings. The van der Waals surface area contributed by atoms with Crippen LogP contribution in [0.3, 0.4) is 0 Å². The lowest BCUT2D eigenvalue weighted by Crippen LogP contribution is -2.35. The molecule has 0 bridgehead atoms. The van der Waals surface area contributed by atoms with Crippen LogP contribution in [-0.2, 0) is 0 Å². The van der Waals surface area contributed by atoms with Crippen LogP contribution in [0.5, 0.6) is 0 Å². The molecule has 2 saturated heterocycles. The Balaban J connectivity index is 1.87. The van der Waals surface area contributed by atoms with Crippen LogP contribution in [0.4, 0.5) is 5.82 Å². The predicted octanol–water partition coefficient (Wildman–Crippen LogP) is 4.01. The van der Waals surface area contributed by atoms with Crippen molar-refractivity contribution >= 4 is 5.82 Å². The monoisotopic (exact) mass is 287 g/mol. The van der Waals surface area contributed by atoms with Gasteiger partial charge in [0.25, 0.3) is 0 Å². The predicted molar refractivity (Wildman–Crippen MR) is 88.8 cm³/mol. The molecule has 1 atom stereocenters. The summed E-state index contributed by atoms with van der Waals surface area (Å²) in [6.07, 6.45) is 11.4. The molecular formula is C18H29N3. The van der Waals surface area contributed by atoms with E-state index in [0.717, 1.165) is 6.54 Å². The maximum Gasteiger partial charge on any atom is 0.133 e. The largest absolute Gasteiger partial charge is 0.356 e. The van der Waals surface area contributed by atoms with Crippen molar-refractivity contribution in [1.29, 1.82) is 0 Å². The number of anilines is 1. The molecule has 3 heterocycles. The Morgan fingerprint density at radius 3 is 2.57 bits per heavy atom. The van der Waals surface area contributed by atoms with E-state index in [9.17, 15) is 0 Å². The van der Waals surface area contributed by atoms with Crippen molar-refractivity contribution in [3.05, 3.63) is 23.9 Å². The quantitative estimate of drug-likeness (QED) is 0.837. The zero-order chi connectivity index (χ0) is 14.5. The average molecular weight is 287 g/mol. The lowest BCUT2D eigenvalue weighted by molar-refractivity contribution is 0.157. The highest BCUT2D eigenvalue weighted by atomic mass is 15.2. The van der Waals surface area contributed by atoms with Crippen molar-refractivity contribution < 1.29 is 0 Å². The Kier molecular flexibility index (Phi) is 5.13. The van der Waals surface area contributed by atoms with Gasteiger partial charge < -0.3 is 4.90 Å². The van der Waals surface area contributed by atoms with E-state index in [-0.39, 0.29) is 0 Å². The van der Waals surface area contributed by atoms with E-state index >= 15 is 0 Å². The van der Waals surface area contributed by atoms with Gasteiger partial charge in [-0.25, -0.2) is 4.98 Å². The van der Waals surface area contributed by atoms with Crippen molar-refractivity contribution in [2.75, 3.05) is 31.1 Å². The van der Waals surface area contributed by atoms with Gasteiger partial charge in [0, 0.05) is 30.9 Å². The number of piperidine rings is 1. The number of nitrogens with zero attached hydrogens (tertiary/aromatic N) is 3. The van der Waals surface area contributed by atoms with Crippen LogP contribution in [0, 0.1) is 0 Å². The van der Waals surface area contributed by atoms with E-state index in [1.54, 1.807) is 0 Å². The molecule has 21 heavy (non-hydrogen) atoms.